The van der Waals surface area contributed by atoms with E-state index in [4.69, 9.17) is 0 Å². The predicted molar refractivity (Wildman–Crippen MR) is 124 cm³/mol. The van der Waals surface area contributed by atoms with Crippen molar-refractivity contribution in [2.24, 2.45) is 0 Å². The van der Waals surface area contributed by atoms with Crippen LogP contribution in [0.4, 0.5) is 10.1 Å². The van der Waals surface area contributed by atoms with Crippen molar-refractivity contribution in [3.63, 3.8) is 0 Å². The van der Waals surface area contributed by atoms with E-state index in [1.807, 2.05) is 47.4 Å². The molecule has 33 heavy (non-hydrogen) atoms. The molecule has 8 heteroatoms. The summed E-state index contributed by atoms with van der Waals surface area (Å²) < 4.78 is 13.7. The van der Waals surface area contributed by atoms with E-state index in [1.54, 1.807) is 6.20 Å². The van der Waals surface area contributed by atoms with E-state index in [2.05, 4.69) is 20.5 Å². The Morgan fingerprint density at radius 2 is 1.88 bits per heavy atom. The summed E-state index contributed by atoms with van der Waals surface area (Å²) in [6.07, 6.45) is 4.03. The lowest BCUT2D eigenvalue weighted by atomic mass is 9.85. The molecule has 2 aromatic carbocycles. The number of piperidine rings is 1. The number of amides is 2. The van der Waals surface area contributed by atoms with E-state index in [1.165, 1.54) is 6.07 Å². The summed E-state index contributed by atoms with van der Waals surface area (Å²) in [6, 6.07) is 15.1. The predicted octanol–water partition coefficient (Wildman–Crippen LogP) is 2.53. The number of pyridine rings is 1. The number of fused-ring (bicyclic) bond motifs is 1. The van der Waals surface area contributed by atoms with E-state index in [0.717, 1.165) is 30.1 Å². The number of hydrogen-bond acceptors (Lipinski definition) is 5. The van der Waals surface area contributed by atoms with Gasteiger partial charge in [-0.05, 0) is 35.7 Å². The lowest BCUT2D eigenvalue weighted by Crippen LogP contribution is -2.57. The fourth-order valence-corrected chi connectivity index (χ4v) is 4.88. The van der Waals surface area contributed by atoms with Gasteiger partial charge < -0.3 is 20.4 Å². The number of carbonyl (C=O) groups is 2. The highest BCUT2D eigenvalue weighted by Crippen LogP contribution is 2.36. The number of anilines is 1. The van der Waals surface area contributed by atoms with Gasteiger partial charge in [-0.3, -0.25) is 14.6 Å². The number of halogens is 1. The highest BCUT2D eigenvalue weighted by molar-refractivity contribution is 5.98. The van der Waals surface area contributed by atoms with Gasteiger partial charge in [-0.15, -0.1) is 0 Å². The molecule has 5 rings (SSSR count). The molecule has 2 aliphatic rings. The Hall–Kier alpha value is -3.52. The Labute approximate surface area is 191 Å². The normalized spacial score (nSPS) is 18.0. The first-order valence-corrected chi connectivity index (χ1v) is 11.2. The van der Waals surface area contributed by atoms with Crippen LogP contribution in [0.3, 0.4) is 0 Å². The number of rotatable bonds is 5. The van der Waals surface area contributed by atoms with Crippen LogP contribution in [0.1, 0.15) is 23.2 Å². The SMILES string of the molecule is O=C(NCCN1CCC2(CC1)C(=O)NCN2c1cncc(F)c1)c1ccc2ccccc2c1. The molecule has 3 heterocycles. The summed E-state index contributed by atoms with van der Waals surface area (Å²) in [7, 11) is 0. The molecule has 1 aromatic heterocycles. The maximum absolute atomic E-state index is 13.7. The molecule has 0 radical (unpaired) electrons. The third-order valence-electron chi connectivity index (χ3n) is 6.75. The average molecular weight is 448 g/mol. The van der Waals surface area contributed by atoms with Crippen LogP contribution in [0.2, 0.25) is 0 Å². The largest absolute Gasteiger partial charge is 0.351 e. The Kier molecular flexibility index (Phi) is 5.68. The number of likely N-dealkylation sites (tertiary alicyclic amines) is 1. The van der Waals surface area contributed by atoms with Gasteiger partial charge in [0.2, 0.25) is 5.91 Å². The molecule has 0 bridgehead atoms. The van der Waals surface area contributed by atoms with Gasteiger partial charge >= 0.3 is 0 Å². The number of hydrogen-bond donors (Lipinski definition) is 2. The molecular weight excluding hydrogens is 421 g/mol. The van der Waals surface area contributed by atoms with Crippen molar-refractivity contribution in [1.29, 1.82) is 0 Å². The molecule has 2 saturated heterocycles. The van der Waals surface area contributed by atoms with Gasteiger partial charge in [0, 0.05) is 37.8 Å². The third kappa shape index (κ3) is 4.14. The van der Waals surface area contributed by atoms with Crippen molar-refractivity contribution in [3.05, 3.63) is 72.3 Å². The van der Waals surface area contributed by atoms with Crippen LogP contribution in [-0.4, -0.2) is 60.1 Å². The highest BCUT2D eigenvalue weighted by atomic mass is 19.1. The molecule has 1 spiro atoms. The number of nitrogens with zero attached hydrogens (tertiary/aromatic N) is 3. The van der Waals surface area contributed by atoms with Gasteiger partial charge in [0.1, 0.15) is 11.4 Å². The summed E-state index contributed by atoms with van der Waals surface area (Å²) in [5.41, 5.74) is 0.582. The number of aromatic nitrogens is 1. The van der Waals surface area contributed by atoms with Crippen LogP contribution in [0.15, 0.2) is 60.9 Å². The Morgan fingerprint density at radius 3 is 2.67 bits per heavy atom. The summed E-state index contributed by atoms with van der Waals surface area (Å²) in [5, 5.41) is 8.06. The summed E-state index contributed by atoms with van der Waals surface area (Å²) in [5.74, 6) is -0.521. The molecule has 7 nitrogen and oxygen atoms in total. The zero-order valence-electron chi connectivity index (χ0n) is 18.3. The van der Waals surface area contributed by atoms with Gasteiger partial charge in [-0.1, -0.05) is 30.3 Å². The summed E-state index contributed by atoms with van der Waals surface area (Å²) in [6.45, 7) is 3.03. The van der Waals surface area contributed by atoms with Crippen LogP contribution < -0.4 is 15.5 Å². The van der Waals surface area contributed by atoms with Crippen LogP contribution in [0.25, 0.3) is 10.8 Å². The first-order valence-electron chi connectivity index (χ1n) is 11.2. The Balaban J connectivity index is 1.16. The van der Waals surface area contributed by atoms with Crippen LogP contribution in [-0.2, 0) is 4.79 Å². The first-order chi connectivity index (χ1) is 16.0. The molecule has 170 valence electrons. The van der Waals surface area contributed by atoms with Gasteiger partial charge in [0.25, 0.3) is 5.91 Å². The van der Waals surface area contributed by atoms with Gasteiger partial charge in [0.15, 0.2) is 0 Å². The number of nitrogens with one attached hydrogen (secondary N) is 2. The molecular formula is C25H26FN5O2. The van der Waals surface area contributed by atoms with Crippen molar-refractivity contribution < 1.29 is 14.0 Å². The molecule has 2 amide bonds. The monoisotopic (exact) mass is 447 g/mol. The second kappa shape index (κ2) is 8.78. The zero-order chi connectivity index (χ0) is 22.8. The standard InChI is InChI=1S/C25H26FN5O2/c26-21-14-22(16-27-15-21)31-17-29-24(33)25(31)7-10-30(11-8-25)12-9-28-23(32)20-6-5-18-3-1-2-4-19(18)13-20/h1-6,13-16H,7-12,17H2,(H,28,32)(H,29,33). The van der Waals surface area contributed by atoms with Crippen molar-refractivity contribution in [2.45, 2.75) is 18.4 Å². The maximum Gasteiger partial charge on any atom is 0.251 e. The van der Waals surface area contributed by atoms with Gasteiger partial charge in [-0.2, -0.15) is 0 Å². The molecule has 0 saturated carbocycles. The van der Waals surface area contributed by atoms with E-state index < -0.39 is 11.4 Å². The van der Waals surface area contributed by atoms with Crippen molar-refractivity contribution >= 4 is 28.3 Å². The molecule has 2 N–H and O–H groups in total. The summed E-state index contributed by atoms with van der Waals surface area (Å²) in [4.78, 5) is 33.4. The number of benzene rings is 2. The van der Waals surface area contributed by atoms with E-state index >= 15 is 0 Å². The van der Waals surface area contributed by atoms with Crippen molar-refractivity contribution in [2.75, 3.05) is 37.7 Å². The van der Waals surface area contributed by atoms with E-state index in [0.29, 0.717) is 43.9 Å². The quantitative estimate of drug-likeness (QED) is 0.629. The van der Waals surface area contributed by atoms with Crippen LogP contribution in [0.5, 0.6) is 0 Å². The fourth-order valence-electron chi connectivity index (χ4n) is 4.88. The van der Waals surface area contributed by atoms with Crippen molar-refractivity contribution in [3.8, 4) is 0 Å². The topological polar surface area (TPSA) is 77.6 Å². The molecule has 2 aliphatic heterocycles. The molecule has 3 aromatic rings. The second-order valence-corrected chi connectivity index (χ2v) is 8.64. The minimum atomic E-state index is -0.680. The smallest absolute Gasteiger partial charge is 0.251 e. The highest BCUT2D eigenvalue weighted by Gasteiger charge is 2.50. The molecule has 2 fully saturated rings. The lowest BCUT2D eigenvalue weighted by Gasteiger charge is -2.43. The summed E-state index contributed by atoms with van der Waals surface area (Å²) >= 11 is 0. The van der Waals surface area contributed by atoms with Gasteiger partial charge in [-0.25, -0.2) is 4.39 Å². The minimum Gasteiger partial charge on any atom is -0.351 e. The van der Waals surface area contributed by atoms with Crippen molar-refractivity contribution in [1.82, 2.24) is 20.5 Å². The number of carbonyl (C=O) groups excluding carboxylic acids is 2. The first kappa shape index (κ1) is 21.3. The molecule has 0 unspecified atom stereocenters. The van der Waals surface area contributed by atoms with Gasteiger partial charge in [0.05, 0.1) is 24.7 Å². The Bertz CT molecular complexity index is 1190. The van der Waals surface area contributed by atoms with E-state index in [-0.39, 0.29) is 11.8 Å². The Morgan fingerprint density at radius 1 is 1.09 bits per heavy atom. The van der Waals surface area contributed by atoms with E-state index in [9.17, 15) is 14.0 Å². The molecule has 0 aliphatic carbocycles. The third-order valence-corrected chi connectivity index (χ3v) is 6.75. The fraction of sp³-hybridized carbons (Fsp3) is 0.320. The van der Waals surface area contributed by atoms with Crippen LogP contribution >= 0.6 is 0 Å². The molecule has 0 atom stereocenters. The zero-order valence-corrected chi connectivity index (χ0v) is 18.3. The average Bonchev–Trinajstić information content (AvgIpc) is 3.15. The lowest BCUT2D eigenvalue weighted by molar-refractivity contribution is -0.125. The van der Waals surface area contributed by atoms with Crippen LogP contribution in [0, 0.1) is 5.82 Å². The second-order valence-electron chi connectivity index (χ2n) is 8.64. The maximum atomic E-state index is 13.7. The minimum absolute atomic E-state index is 0.0176.